The highest BCUT2D eigenvalue weighted by Crippen LogP contribution is 2.22. The van der Waals surface area contributed by atoms with Gasteiger partial charge in [0, 0.05) is 12.1 Å². The lowest BCUT2D eigenvalue weighted by atomic mass is 9.98. The zero-order chi connectivity index (χ0) is 17.5. The molecule has 0 aliphatic carbocycles. The molecule has 4 nitrogen and oxygen atoms in total. The van der Waals surface area contributed by atoms with Crippen LogP contribution in [0.5, 0.6) is 0 Å². The molecule has 0 unspecified atom stereocenters. The van der Waals surface area contributed by atoms with Crippen LogP contribution >= 0.6 is 0 Å². The largest absolute Gasteiger partial charge is 0.457 e. The first-order valence-electron chi connectivity index (χ1n) is 8.17. The van der Waals surface area contributed by atoms with E-state index < -0.39 is 0 Å². The number of rotatable bonds is 7. The summed E-state index contributed by atoms with van der Waals surface area (Å²) in [4.78, 5) is 14.3. The third-order valence-corrected chi connectivity index (χ3v) is 4.19. The highest BCUT2D eigenvalue weighted by molar-refractivity contribution is 5.89. The number of ether oxygens (including phenoxy) is 1. The average molecular weight is 326 g/mol. The van der Waals surface area contributed by atoms with Crippen molar-refractivity contribution in [3.05, 3.63) is 71.3 Å². The van der Waals surface area contributed by atoms with Gasteiger partial charge in [0.2, 0.25) is 0 Å². The van der Waals surface area contributed by atoms with E-state index in [0.717, 1.165) is 5.56 Å². The normalized spacial score (nSPS) is 13.5. The summed E-state index contributed by atoms with van der Waals surface area (Å²) in [5, 5.41) is 3.29. The fraction of sp³-hybridized carbons (Fsp3) is 0.350. The van der Waals surface area contributed by atoms with Gasteiger partial charge >= 0.3 is 5.97 Å². The van der Waals surface area contributed by atoms with Crippen molar-refractivity contribution in [3.8, 4) is 0 Å². The van der Waals surface area contributed by atoms with Crippen LogP contribution in [0.3, 0.4) is 0 Å². The molecule has 1 N–H and O–H groups in total. The molecule has 0 aromatic heterocycles. The van der Waals surface area contributed by atoms with Crippen molar-refractivity contribution in [3.63, 3.8) is 0 Å². The molecular formula is C20H26N2O2. The first-order chi connectivity index (χ1) is 11.5. The van der Waals surface area contributed by atoms with Gasteiger partial charge in [-0.05, 0) is 51.3 Å². The Hall–Kier alpha value is -2.17. The Morgan fingerprint density at radius 1 is 1.08 bits per heavy atom. The number of carbonyl (C=O) groups is 1. The second-order valence-corrected chi connectivity index (χ2v) is 6.17. The zero-order valence-corrected chi connectivity index (χ0v) is 14.8. The SMILES string of the molecule is CN[C@@H](C)[C@H](c1ccc(C(=O)OCc2ccccc2)cc1)N(C)C. The van der Waals surface area contributed by atoms with Gasteiger partial charge in [-0.25, -0.2) is 4.79 Å². The summed E-state index contributed by atoms with van der Waals surface area (Å²) < 4.78 is 5.37. The van der Waals surface area contributed by atoms with Crippen molar-refractivity contribution < 1.29 is 9.53 Å². The minimum Gasteiger partial charge on any atom is -0.457 e. The van der Waals surface area contributed by atoms with Crippen LogP contribution in [0.2, 0.25) is 0 Å². The van der Waals surface area contributed by atoms with E-state index in [1.54, 1.807) is 0 Å². The third kappa shape index (κ3) is 4.66. The summed E-state index contributed by atoms with van der Waals surface area (Å²) in [7, 11) is 6.07. The lowest BCUT2D eigenvalue weighted by molar-refractivity contribution is 0.0472. The summed E-state index contributed by atoms with van der Waals surface area (Å²) in [5.41, 5.74) is 2.73. The van der Waals surface area contributed by atoms with Crippen molar-refractivity contribution >= 4 is 5.97 Å². The molecule has 2 aromatic rings. The zero-order valence-electron chi connectivity index (χ0n) is 14.8. The van der Waals surface area contributed by atoms with Crippen LogP contribution < -0.4 is 5.32 Å². The van der Waals surface area contributed by atoms with Crippen molar-refractivity contribution in [1.82, 2.24) is 10.2 Å². The highest BCUT2D eigenvalue weighted by atomic mass is 16.5. The third-order valence-electron chi connectivity index (χ3n) is 4.19. The maximum absolute atomic E-state index is 12.2. The van der Waals surface area contributed by atoms with Gasteiger partial charge in [-0.1, -0.05) is 42.5 Å². The number of nitrogens with one attached hydrogen (secondary N) is 1. The van der Waals surface area contributed by atoms with Crippen LogP contribution in [0.15, 0.2) is 54.6 Å². The standard InChI is InChI=1S/C20H26N2O2/c1-15(21-2)19(22(3)4)17-10-12-18(13-11-17)20(23)24-14-16-8-6-5-7-9-16/h5-13,15,19,21H,14H2,1-4H3/t15-,19+/m0/s1. The minimum atomic E-state index is -0.298. The lowest BCUT2D eigenvalue weighted by Crippen LogP contribution is -2.37. The molecule has 0 saturated heterocycles. The predicted octanol–water partition coefficient (Wildman–Crippen LogP) is 3.25. The van der Waals surface area contributed by atoms with E-state index in [1.165, 1.54) is 5.56 Å². The van der Waals surface area contributed by atoms with Crippen molar-refractivity contribution in [2.75, 3.05) is 21.1 Å². The monoisotopic (exact) mass is 326 g/mol. The van der Waals surface area contributed by atoms with Gasteiger partial charge < -0.3 is 15.0 Å². The topological polar surface area (TPSA) is 41.6 Å². The van der Waals surface area contributed by atoms with Crippen LogP contribution in [0.1, 0.15) is 34.5 Å². The predicted molar refractivity (Wildman–Crippen MR) is 97.0 cm³/mol. The molecule has 2 rings (SSSR count). The maximum Gasteiger partial charge on any atom is 0.338 e. The molecule has 0 heterocycles. The molecule has 2 atom stereocenters. The highest BCUT2D eigenvalue weighted by Gasteiger charge is 2.20. The Balaban J connectivity index is 2.03. The van der Waals surface area contributed by atoms with E-state index in [0.29, 0.717) is 18.2 Å². The Labute approximate surface area is 144 Å². The number of nitrogens with zero attached hydrogens (tertiary/aromatic N) is 1. The van der Waals surface area contributed by atoms with Gasteiger partial charge in [-0.3, -0.25) is 0 Å². The molecule has 0 fully saturated rings. The molecule has 0 bridgehead atoms. The van der Waals surface area contributed by atoms with Crippen molar-refractivity contribution in [2.45, 2.75) is 25.6 Å². The Morgan fingerprint density at radius 2 is 1.71 bits per heavy atom. The van der Waals surface area contributed by atoms with E-state index in [9.17, 15) is 4.79 Å². The van der Waals surface area contributed by atoms with E-state index in [4.69, 9.17) is 4.74 Å². The van der Waals surface area contributed by atoms with E-state index in [2.05, 4.69) is 31.2 Å². The first-order valence-corrected chi connectivity index (χ1v) is 8.17. The molecule has 2 aromatic carbocycles. The molecule has 24 heavy (non-hydrogen) atoms. The van der Waals surface area contributed by atoms with Gasteiger partial charge in [0.1, 0.15) is 6.61 Å². The van der Waals surface area contributed by atoms with Gasteiger partial charge in [-0.15, -0.1) is 0 Å². The van der Waals surface area contributed by atoms with Crippen LogP contribution in [0, 0.1) is 0 Å². The Kier molecular flexibility index (Phi) is 6.53. The van der Waals surface area contributed by atoms with E-state index >= 15 is 0 Å². The Morgan fingerprint density at radius 3 is 2.25 bits per heavy atom. The fourth-order valence-electron chi connectivity index (χ4n) is 2.81. The summed E-state index contributed by atoms with van der Waals surface area (Å²) in [6, 6.07) is 17.9. The quantitative estimate of drug-likeness (QED) is 0.793. The summed E-state index contributed by atoms with van der Waals surface area (Å²) in [6.45, 7) is 2.44. The molecule has 0 saturated carbocycles. The van der Waals surface area contributed by atoms with Gasteiger partial charge in [0.15, 0.2) is 0 Å². The molecule has 0 aliphatic heterocycles. The number of hydrogen-bond acceptors (Lipinski definition) is 4. The van der Waals surface area contributed by atoms with Crippen LogP contribution in [0.4, 0.5) is 0 Å². The number of esters is 1. The van der Waals surface area contributed by atoms with Gasteiger partial charge in [-0.2, -0.15) is 0 Å². The number of hydrogen-bond donors (Lipinski definition) is 1. The van der Waals surface area contributed by atoms with Crippen LogP contribution in [-0.4, -0.2) is 38.1 Å². The summed E-state index contributed by atoms with van der Waals surface area (Å²) >= 11 is 0. The fourth-order valence-corrected chi connectivity index (χ4v) is 2.81. The van der Waals surface area contributed by atoms with Gasteiger partial charge in [0.25, 0.3) is 0 Å². The smallest absolute Gasteiger partial charge is 0.338 e. The molecule has 0 aliphatic rings. The molecular weight excluding hydrogens is 300 g/mol. The average Bonchev–Trinajstić information content (AvgIpc) is 2.60. The number of benzene rings is 2. The second kappa shape index (κ2) is 8.62. The minimum absolute atomic E-state index is 0.240. The second-order valence-electron chi connectivity index (χ2n) is 6.17. The Bertz CT molecular complexity index is 638. The number of carbonyl (C=O) groups excluding carboxylic acids is 1. The maximum atomic E-state index is 12.2. The lowest BCUT2D eigenvalue weighted by Gasteiger charge is -2.30. The molecule has 4 heteroatoms. The van der Waals surface area contributed by atoms with E-state index in [-0.39, 0.29) is 12.0 Å². The number of likely N-dealkylation sites (N-methyl/N-ethyl adjacent to an activating group) is 2. The molecule has 128 valence electrons. The van der Waals surface area contributed by atoms with Crippen LogP contribution in [-0.2, 0) is 11.3 Å². The summed E-state index contributed by atoms with van der Waals surface area (Å²) in [5.74, 6) is -0.298. The van der Waals surface area contributed by atoms with Crippen LogP contribution in [0.25, 0.3) is 0 Å². The van der Waals surface area contributed by atoms with Gasteiger partial charge in [0.05, 0.1) is 5.56 Å². The van der Waals surface area contributed by atoms with E-state index in [1.807, 2.05) is 61.6 Å². The molecule has 0 radical (unpaired) electrons. The van der Waals surface area contributed by atoms with Crippen molar-refractivity contribution in [1.29, 1.82) is 0 Å². The molecule has 0 amide bonds. The molecule has 0 spiro atoms. The summed E-state index contributed by atoms with van der Waals surface area (Å²) in [6.07, 6.45) is 0. The van der Waals surface area contributed by atoms with Crippen molar-refractivity contribution in [2.24, 2.45) is 0 Å². The first kappa shape index (κ1) is 18.2.